The molecule has 122 valence electrons. The van der Waals surface area contributed by atoms with Crippen LogP contribution in [0.1, 0.15) is 37.3 Å². The highest BCUT2D eigenvalue weighted by Crippen LogP contribution is 2.35. The summed E-state index contributed by atoms with van der Waals surface area (Å²) < 4.78 is 5.31. The molecule has 0 spiro atoms. The summed E-state index contributed by atoms with van der Waals surface area (Å²) in [5, 5.41) is 3.33. The molecule has 1 N–H and O–H groups in total. The van der Waals surface area contributed by atoms with Gasteiger partial charge in [0.2, 0.25) is 5.91 Å². The number of methoxy groups -OCH3 is 1. The molecule has 2 aliphatic rings. The summed E-state index contributed by atoms with van der Waals surface area (Å²) in [6.07, 6.45) is 4.10. The van der Waals surface area contributed by atoms with Crippen LogP contribution < -0.4 is 10.1 Å². The summed E-state index contributed by atoms with van der Waals surface area (Å²) in [4.78, 5) is 14.9. The lowest BCUT2D eigenvalue weighted by Crippen LogP contribution is -2.40. The first-order chi connectivity index (χ1) is 10.3. The first-order valence-corrected chi connectivity index (χ1v) is 7.95. The lowest BCUT2D eigenvalue weighted by molar-refractivity contribution is -0.137. The minimum Gasteiger partial charge on any atom is -0.497 e. The Hall–Kier alpha value is -1.26. The Kier molecular flexibility index (Phi) is 6.09. The van der Waals surface area contributed by atoms with Gasteiger partial charge in [0, 0.05) is 12.5 Å². The van der Waals surface area contributed by atoms with Crippen LogP contribution in [0, 0.1) is 5.92 Å². The van der Waals surface area contributed by atoms with E-state index in [1.54, 1.807) is 7.11 Å². The number of nitrogens with zero attached hydrogens (tertiary/aromatic N) is 1. The van der Waals surface area contributed by atoms with Gasteiger partial charge in [0.05, 0.1) is 13.2 Å². The zero-order chi connectivity index (χ0) is 14.7. The van der Waals surface area contributed by atoms with Crippen LogP contribution in [0.3, 0.4) is 0 Å². The summed E-state index contributed by atoms with van der Waals surface area (Å²) in [6.45, 7) is 2.83. The Labute approximate surface area is 138 Å². The maximum absolute atomic E-state index is 12.8. The topological polar surface area (TPSA) is 41.6 Å². The summed E-state index contributed by atoms with van der Waals surface area (Å²) in [5.74, 6) is 1.42. The molecule has 2 heterocycles. The van der Waals surface area contributed by atoms with Crippen molar-refractivity contribution in [3.8, 4) is 5.75 Å². The van der Waals surface area contributed by atoms with Crippen molar-refractivity contribution in [2.75, 3.05) is 26.7 Å². The Bertz CT molecular complexity index is 503. The number of nitrogens with one attached hydrogen (secondary N) is 1. The van der Waals surface area contributed by atoms with Crippen LogP contribution in [-0.4, -0.2) is 37.6 Å². The molecule has 1 aromatic carbocycles. The van der Waals surface area contributed by atoms with E-state index < -0.39 is 0 Å². The van der Waals surface area contributed by atoms with E-state index in [1.165, 1.54) is 5.56 Å². The molecule has 2 saturated heterocycles. The van der Waals surface area contributed by atoms with Gasteiger partial charge in [-0.3, -0.25) is 4.79 Å². The van der Waals surface area contributed by atoms with Crippen LogP contribution >= 0.6 is 12.4 Å². The first kappa shape index (κ1) is 17.1. The molecule has 1 aromatic rings. The SMILES string of the molecule is COc1cccc(C2CCCN2C(=O)C2CCNCC2)c1.Cl. The Morgan fingerprint density at radius 2 is 2.05 bits per heavy atom. The van der Waals surface area contributed by atoms with Gasteiger partial charge in [-0.15, -0.1) is 12.4 Å². The second-order valence-electron chi connectivity index (χ2n) is 5.99. The van der Waals surface area contributed by atoms with E-state index in [0.717, 1.165) is 51.1 Å². The predicted molar refractivity (Wildman–Crippen MR) is 89.5 cm³/mol. The van der Waals surface area contributed by atoms with E-state index in [9.17, 15) is 4.79 Å². The van der Waals surface area contributed by atoms with Crippen LogP contribution in [0.4, 0.5) is 0 Å². The number of rotatable bonds is 3. The predicted octanol–water partition coefficient (Wildman–Crippen LogP) is 2.78. The number of piperidine rings is 1. The molecule has 2 fully saturated rings. The first-order valence-electron chi connectivity index (χ1n) is 7.95. The van der Waals surface area contributed by atoms with Crippen molar-refractivity contribution < 1.29 is 9.53 Å². The number of benzene rings is 1. The largest absolute Gasteiger partial charge is 0.497 e. The molecule has 0 aliphatic carbocycles. The maximum Gasteiger partial charge on any atom is 0.226 e. The van der Waals surface area contributed by atoms with Gasteiger partial charge in [-0.05, 0) is 56.5 Å². The summed E-state index contributed by atoms with van der Waals surface area (Å²) in [5.41, 5.74) is 1.20. The average Bonchev–Trinajstić information content (AvgIpc) is 3.04. The standard InChI is InChI=1S/C17H24N2O2.ClH/c1-21-15-5-2-4-14(12-15)16-6-3-11-19(16)17(20)13-7-9-18-10-8-13;/h2,4-5,12-13,16,18H,3,6-11H2,1H3;1H. The third-order valence-electron chi connectivity index (χ3n) is 4.70. The minimum atomic E-state index is 0. The van der Waals surface area contributed by atoms with Crippen molar-refractivity contribution in [2.24, 2.45) is 5.92 Å². The van der Waals surface area contributed by atoms with Gasteiger partial charge in [-0.25, -0.2) is 0 Å². The number of hydrogen-bond acceptors (Lipinski definition) is 3. The van der Waals surface area contributed by atoms with Crippen molar-refractivity contribution in [1.82, 2.24) is 10.2 Å². The van der Waals surface area contributed by atoms with E-state index in [0.29, 0.717) is 5.91 Å². The average molecular weight is 325 g/mol. The van der Waals surface area contributed by atoms with Crippen molar-refractivity contribution >= 4 is 18.3 Å². The number of hydrogen-bond donors (Lipinski definition) is 1. The second-order valence-corrected chi connectivity index (χ2v) is 5.99. The lowest BCUT2D eigenvalue weighted by Gasteiger charge is -2.31. The van der Waals surface area contributed by atoms with Gasteiger partial charge in [-0.1, -0.05) is 12.1 Å². The number of ether oxygens (including phenoxy) is 1. The van der Waals surface area contributed by atoms with Crippen LogP contribution in [0.25, 0.3) is 0 Å². The van der Waals surface area contributed by atoms with Crippen molar-refractivity contribution in [3.05, 3.63) is 29.8 Å². The Balaban J connectivity index is 0.00000176. The highest BCUT2D eigenvalue weighted by molar-refractivity contribution is 5.85. The molecule has 1 atom stereocenters. The molecule has 4 nitrogen and oxygen atoms in total. The number of carbonyl (C=O) groups is 1. The van der Waals surface area contributed by atoms with E-state index in [2.05, 4.69) is 22.3 Å². The van der Waals surface area contributed by atoms with Gasteiger partial charge in [0.15, 0.2) is 0 Å². The molecule has 0 saturated carbocycles. The summed E-state index contributed by atoms with van der Waals surface area (Å²) in [7, 11) is 1.69. The van der Waals surface area contributed by atoms with E-state index in [4.69, 9.17) is 4.74 Å². The van der Waals surface area contributed by atoms with Crippen LogP contribution in [-0.2, 0) is 4.79 Å². The summed E-state index contributed by atoms with van der Waals surface area (Å²) in [6, 6.07) is 8.37. The van der Waals surface area contributed by atoms with Crippen molar-refractivity contribution in [2.45, 2.75) is 31.7 Å². The third-order valence-corrected chi connectivity index (χ3v) is 4.70. The molecule has 0 bridgehead atoms. The van der Waals surface area contributed by atoms with Gasteiger partial charge in [0.25, 0.3) is 0 Å². The normalized spacial score (nSPS) is 22.2. The summed E-state index contributed by atoms with van der Waals surface area (Å²) >= 11 is 0. The lowest BCUT2D eigenvalue weighted by atomic mass is 9.95. The fourth-order valence-corrected chi connectivity index (χ4v) is 3.53. The second kappa shape index (κ2) is 7.84. The number of carbonyl (C=O) groups excluding carboxylic acids is 1. The number of amides is 1. The number of likely N-dealkylation sites (tertiary alicyclic amines) is 1. The quantitative estimate of drug-likeness (QED) is 0.929. The molecule has 3 rings (SSSR count). The Morgan fingerprint density at radius 1 is 1.27 bits per heavy atom. The molecule has 1 amide bonds. The molecule has 2 aliphatic heterocycles. The van der Waals surface area contributed by atoms with E-state index in [-0.39, 0.29) is 24.4 Å². The highest BCUT2D eigenvalue weighted by Gasteiger charge is 2.34. The number of halogens is 1. The molecule has 22 heavy (non-hydrogen) atoms. The molecule has 5 heteroatoms. The molecule has 0 radical (unpaired) electrons. The molecule has 1 unspecified atom stereocenters. The van der Waals surface area contributed by atoms with E-state index >= 15 is 0 Å². The van der Waals surface area contributed by atoms with Gasteiger partial charge in [0.1, 0.15) is 5.75 Å². The fourth-order valence-electron chi connectivity index (χ4n) is 3.53. The fraction of sp³-hybridized carbons (Fsp3) is 0.588. The van der Waals surface area contributed by atoms with E-state index in [1.807, 2.05) is 12.1 Å². The monoisotopic (exact) mass is 324 g/mol. The van der Waals surface area contributed by atoms with Crippen LogP contribution in [0.15, 0.2) is 24.3 Å². The van der Waals surface area contributed by atoms with Gasteiger partial charge < -0.3 is 15.0 Å². The van der Waals surface area contributed by atoms with Crippen LogP contribution in [0.2, 0.25) is 0 Å². The Morgan fingerprint density at radius 3 is 2.77 bits per heavy atom. The zero-order valence-electron chi connectivity index (χ0n) is 13.1. The smallest absolute Gasteiger partial charge is 0.226 e. The molecule has 0 aromatic heterocycles. The van der Waals surface area contributed by atoms with Crippen molar-refractivity contribution in [1.29, 1.82) is 0 Å². The van der Waals surface area contributed by atoms with Gasteiger partial charge in [-0.2, -0.15) is 0 Å². The zero-order valence-corrected chi connectivity index (χ0v) is 13.9. The highest BCUT2D eigenvalue weighted by atomic mass is 35.5. The minimum absolute atomic E-state index is 0. The molecular weight excluding hydrogens is 300 g/mol. The van der Waals surface area contributed by atoms with Gasteiger partial charge >= 0.3 is 0 Å². The third kappa shape index (κ3) is 3.55. The van der Waals surface area contributed by atoms with Crippen molar-refractivity contribution in [3.63, 3.8) is 0 Å². The van der Waals surface area contributed by atoms with Crippen LogP contribution in [0.5, 0.6) is 5.75 Å². The molecular formula is C17H25ClN2O2. The maximum atomic E-state index is 12.8.